The second-order valence-corrected chi connectivity index (χ2v) is 7.14. The molecule has 0 atom stereocenters. The van der Waals surface area contributed by atoms with E-state index in [1.807, 2.05) is 28.5 Å². The normalized spacial score (nSPS) is 18.8. The summed E-state index contributed by atoms with van der Waals surface area (Å²) in [6, 6.07) is 8.14. The lowest BCUT2D eigenvalue weighted by molar-refractivity contribution is -0.138. The maximum atomic E-state index is 12.3. The molecule has 1 saturated carbocycles. The first kappa shape index (κ1) is 14.6. The molecule has 23 heavy (non-hydrogen) atoms. The SMILES string of the molecule is O=C(C1CCC1)N1CCN(c2ccc(-c3cccs3)nn2)CC1. The van der Waals surface area contributed by atoms with Gasteiger partial charge in [-0.25, -0.2) is 0 Å². The molecule has 3 heterocycles. The summed E-state index contributed by atoms with van der Waals surface area (Å²) in [5.41, 5.74) is 0.919. The number of piperazine rings is 1. The highest BCUT2D eigenvalue weighted by Crippen LogP contribution is 2.29. The molecule has 1 amide bonds. The second-order valence-electron chi connectivity index (χ2n) is 6.19. The summed E-state index contributed by atoms with van der Waals surface area (Å²) in [4.78, 5) is 17.7. The smallest absolute Gasteiger partial charge is 0.225 e. The van der Waals surface area contributed by atoms with Crippen molar-refractivity contribution in [3.8, 4) is 10.6 Å². The van der Waals surface area contributed by atoms with E-state index in [2.05, 4.69) is 21.2 Å². The van der Waals surface area contributed by atoms with Crippen molar-refractivity contribution in [2.24, 2.45) is 5.92 Å². The van der Waals surface area contributed by atoms with E-state index in [9.17, 15) is 4.79 Å². The molecule has 0 aromatic carbocycles. The summed E-state index contributed by atoms with van der Waals surface area (Å²) in [5.74, 6) is 1.56. The van der Waals surface area contributed by atoms with E-state index >= 15 is 0 Å². The number of hydrogen-bond acceptors (Lipinski definition) is 5. The Labute approximate surface area is 139 Å². The van der Waals surface area contributed by atoms with Gasteiger partial charge in [0, 0.05) is 32.1 Å². The third-order valence-electron chi connectivity index (χ3n) is 4.79. The van der Waals surface area contributed by atoms with Gasteiger partial charge in [-0.15, -0.1) is 21.5 Å². The molecule has 1 aliphatic heterocycles. The number of hydrogen-bond donors (Lipinski definition) is 0. The van der Waals surface area contributed by atoms with Crippen LogP contribution in [0.2, 0.25) is 0 Å². The van der Waals surface area contributed by atoms with Crippen LogP contribution in [-0.2, 0) is 4.79 Å². The van der Waals surface area contributed by atoms with Crippen molar-refractivity contribution in [1.82, 2.24) is 15.1 Å². The fourth-order valence-electron chi connectivity index (χ4n) is 3.12. The Hall–Kier alpha value is -1.95. The van der Waals surface area contributed by atoms with Gasteiger partial charge in [-0.2, -0.15) is 0 Å². The number of carbonyl (C=O) groups is 1. The number of nitrogens with zero attached hydrogens (tertiary/aromatic N) is 4. The Morgan fingerprint density at radius 2 is 1.91 bits per heavy atom. The number of carbonyl (C=O) groups excluding carboxylic acids is 1. The summed E-state index contributed by atoms with van der Waals surface area (Å²) in [5, 5.41) is 10.8. The van der Waals surface area contributed by atoms with Crippen molar-refractivity contribution in [3.05, 3.63) is 29.6 Å². The minimum absolute atomic E-state index is 0.298. The maximum absolute atomic E-state index is 12.3. The lowest BCUT2D eigenvalue weighted by Crippen LogP contribution is -2.51. The zero-order valence-corrected chi connectivity index (χ0v) is 13.8. The van der Waals surface area contributed by atoms with Gasteiger partial charge in [0.25, 0.3) is 0 Å². The van der Waals surface area contributed by atoms with Gasteiger partial charge >= 0.3 is 0 Å². The largest absolute Gasteiger partial charge is 0.352 e. The minimum Gasteiger partial charge on any atom is -0.352 e. The van der Waals surface area contributed by atoms with Crippen LogP contribution in [0.15, 0.2) is 29.6 Å². The first-order valence-electron chi connectivity index (χ1n) is 8.22. The molecule has 2 aliphatic rings. The Balaban J connectivity index is 1.37. The van der Waals surface area contributed by atoms with Gasteiger partial charge < -0.3 is 9.80 Å². The first-order chi connectivity index (χ1) is 11.3. The quantitative estimate of drug-likeness (QED) is 0.869. The molecule has 0 radical (unpaired) electrons. The molecular weight excluding hydrogens is 308 g/mol. The zero-order valence-electron chi connectivity index (χ0n) is 13.0. The highest BCUT2D eigenvalue weighted by Gasteiger charge is 2.31. The van der Waals surface area contributed by atoms with E-state index in [-0.39, 0.29) is 0 Å². The monoisotopic (exact) mass is 328 g/mol. The average Bonchev–Trinajstić information content (AvgIpc) is 3.08. The van der Waals surface area contributed by atoms with Crippen LogP contribution in [-0.4, -0.2) is 47.2 Å². The highest BCUT2D eigenvalue weighted by atomic mass is 32.1. The van der Waals surface area contributed by atoms with E-state index in [0.717, 1.165) is 55.4 Å². The van der Waals surface area contributed by atoms with E-state index in [0.29, 0.717) is 11.8 Å². The molecule has 4 rings (SSSR count). The van der Waals surface area contributed by atoms with Crippen molar-refractivity contribution in [2.45, 2.75) is 19.3 Å². The summed E-state index contributed by atoms with van der Waals surface area (Å²) in [7, 11) is 0. The van der Waals surface area contributed by atoms with E-state index < -0.39 is 0 Å². The van der Waals surface area contributed by atoms with Gasteiger partial charge in [-0.05, 0) is 36.4 Å². The van der Waals surface area contributed by atoms with Gasteiger partial charge in [0.2, 0.25) is 5.91 Å². The number of thiophene rings is 1. The minimum atomic E-state index is 0.298. The fourth-order valence-corrected chi connectivity index (χ4v) is 3.81. The molecule has 2 fully saturated rings. The van der Waals surface area contributed by atoms with Crippen LogP contribution < -0.4 is 4.90 Å². The number of amides is 1. The Bertz CT molecular complexity index is 658. The molecule has 0 bridgehead atoms. The Morgan fingerprint density at radius 1 is 1.09 bits per heavy atom. The molecule has 6 heteroatoms. The summed E-state index contributed by atoms with van der Waals surface area (Å²) >= 11 is 1.67. The fraction of sp³-hybridized carbons (Fsp3) is 0.471. The van der Waals surface area contributed by atoms with Gasteiger partial charge in [0.15, 0.2) is 5.82 Å². The van der Waals surface area contributed by atoms with Crippen LogP contribution in [0.3, 0.4) is 0 Å². The van der Waals surface area contributed by atoms with Gasteiger partial charge in [-0.1, -0.05) is 12.5 Å². The number of aromatic nitrogens is 2. The standard InChI is InChI=1S/C17H20N4OS/c22-17(13-3-1-4-13)21-10-8-20(9-11-21)16-7-6-14(18-19-16)15-5-2-12-23-15/h2,5-7,12-13H,1,3-4,8-11H2. The maximum Gasteiger partial charge on any atom is 0.225 e. The molecule has 1 saturated heterocycles. The first-order valence-corrected chi connectivity index (χ1v) is 9.10. The van der Waals surface area contributed by atoms with Gasteiger partial charge in [-0.3, -0.25) is 4.79 Å². The van der Waals surface area contributed by atoms with Crippen molar-refractivity contribution >= 4 is 23.1 Å². The molecule has 0 spiro atoms. The summed E-state index contributed by atoms with van der Waals surface area (Å²) in [6.45, 7) is 3.27. The molecular formula is C17H20N4OS. The molecule has 120 valence electrons. The second kappa shape index (κ2) is 6.28. The van der Waals surface area contributed by atoms with Crippen LogP contribution >= 0.6 is 11.3 Å². The molecule has 0 N–H and O–H groups in total. The Morgan fingerprint density at radius 3 is 2.48 bits per heavy atom. The topological polar surface area (TPSA) is 49.3 Å². The van der Waals surface area contributed by atoms with E-state index in [4.69, 9.17) is 0 Å². The lowest BCUT2D eigenvalue weighted by Gasteiger charge is -2.38. The van der Waals surface area contributed by atoms with Crippen LogP contribution in [0, 0.1) is 5.92 Å². The molecule has 0 unspecified atom stereocenters. The third-order valence-corrected chi connectivity index (χ3v) is 5.69. The predicted molar refractivity (Wildman–Crippen MR) is 91.5 cm³/mol. The summed E-state index contributed by atoms with van der Waals surface area (Å²) in [6.07, 6.45) is 3.37. The average molecular weight is 328 g/mol. The molecule has 1 aliphatic carbocycles. The highest BCUT2D eigenvalue weighted by molar-refractivity contribution is 7.13. The Kier molecular flexibility index (Phi) is 3.99. The predicted octanol–water partition coefficient (Wildman–Crippen LogP) is 2.65. The van der Waals surface area contributed by atoms with Crippen molar-refractivity contribution in [2.75, 3.05) is 31.1 Å². The van der Waals surface area contributed by atoms with E-state index in [1.54, 1.807) is 11.3 Å². The number of rotatable bonds is 3. The number of anilines is 1. The van der Waals surface area contributed by atoms with Crippen molar-refractivity contribution in [3.63, 3.8) is 0 Å². The zero-order chi connectivity index (χ0) is 15.6. The van der Waals surface area contributed by atoms with Crippen molar-refractivity contribution in [1.29, 1.82) is 0 Å². The van der Waals surface area contributed by atoms with Gasteiger partial charge in [0.1, 0.15) is 5.69 Å². The van der Waals surface area contributed by atoms with Crippen LogP contribution in [0.1, 0.15) is 19.3 Å². The third kappa shape index (κ3) is 2.95. The lowest BCUT2D eigenvalue weighted by atomic mass is 9.84. The van der Waals surface area contributed by atoms with Crippen LogP contribution in [0.25, 0.3) is 10.6 Å². The molecule has 2 aromatic heterocycles. The van der Waals surface area contributed by atoms with Crippen LogP contribution in [0.4, 0.5) is 5.82 Å². The van der Waals surface area contributed by atoms with Crippen LogP contribution in [0.5, 0.6) is 0 Å². The summed E-state index contributed by atoms with van der Waals surface area (Å²) < 4.78 is 0. The van der Waals surface area contributed by atoms with Crippen molar-refractivity contribution < 1.29 is 4.79 Å². The van der Waals surface area contributed by atoms with Gasteiger partial charge in [0.05, 0.1) is 4.88 Å². The molecule has 5 nitrogen and oxygen atoms in total. The van der Waals surface area contributed by atoms with E-state index in [1.165, 1.54) is 6.42 Å². The molecule has 2 aromatic rings.